The largest absolute Gasteiger partial charge is 0.344 e. The Morgan fingerprint density at radius 2 is 2.36 bits per heavy atom. The molecule has 0 spiro atoms. The van der Waals surface area contributed by atoms with Crippen LogP contribution in [0, 0.1) is 0 Å². The maximum atomic E-state index is 11.1. The first-order chi connectivity index (χ1) is 6.74. The van der Waals surface area contributed by atoms with E-state index < -0.39 is 0 Å². The Balaban J connectivity index is 2.38. The quantitative estimate of drug-likeness (QED) is 0.706. The summed E-state index contributed by atoms with van der Waals surface area (Å²) in [6.45, 7) is 0.655. The van der Waals surface area contributed by atoms with Crippen LogP contribution in [0.15, 0.2) is 24.4 Å². The number of alkyl halides is 1. The van der Waals surface area contributed by atoms with Crippen molar-refractivity contribution in [2.24, 2.45) is 0 Å². The molecule has 0 N–H and O–H groups in total. The number of hydrogen-bond donors (Lipinski definition) is 0. The number of likely N-dealkylation sites (N-methyl/N-ethyl adjacent to an activating group) is 1. The van der Waals surface area contributed by atoms with Gasteiger partial charge in [0.05, 0.1) is 0 Å². The predicted molar refractivity (Wildman–Crippen MR) is 56.3 cm³/mol. The first-order valence-corrected chi connectivity index (χ1v) is 4.97. The Bertz CT molecular complexity index is 289. The van der Waals surface area contributed by atoms with Gasteiger partial charge in [-0.25, -0.2) is 0 Å². The SMILES string of the molecule is CN(CCc1ccccn1)C(=O)CCl. The monoisotopic (exact) mass is 212 g/mol. The highest BCUT2D eigenvalue weighted by Crippen LogP contribution is 1.97. The zero-order valence-corrected chi connectivity index (χ0v) is 8.87. The molecule has 3 nitrogen and oxygen atoms in total. The summed E-state index contributed by atoms with van der Waals surface area (Å²) in [5.74, 6) is -0.0128. The maximum absolute atomic E-state index is 11.1. The van der Waals surface area contributed by atoms with Crippen molar-refractivity contribution in [3.63, 3.8) is 0 Å². The minimum Gasteiger partial charge on any atom is -0.344 e. The van der Waals surface area contributed by atoms with Gasteiger partial charge in [-0.1, -0.05) is 6.07 Å². The summed E-state index contributed by atoms with van der Waals surface area (Å²) in [6.07, 6.45) is 2.51. The highest BCUT2D eigenvalue weighted by atomic mass is 35.5. The van der Waals surface area contributed by atoms with E-state index in [2.05, 4.69) is 4.98 Å². The lowest BCUT2D eigenvalue weighted by Crippen LogP contribution is -2.29. The number of aromatic nitrogens is 1. The van der Waals surface area contributed by atoms with E-state index in [0.717, 1.165) is 12.1 Å². The lowest BCUT2D eigenvalue weighted by Gasteiger charge is -2.14. The average Bonchev–Trinajstić information content (AvgIpc) is 2.26. The molecule has 0 aliphatic rings. The Kier molecular flexibility index (Phi) is 4.40. The second kappa shape index (κ2) is 5.60. The van der Waals surface area contributed by atoms with Crippen molar-refractivity contribution in [1.82, 2.24) is 9.88 Å². The van der Waals surface area contributed by atoms with Gasteiger partial charge in [0, 0.05) is 31.9 Å². The molecule has 76 valence electrons. The molecule has 0 aliphatic heterocycles. The molecule has 0 atom stereocenters. The zero-order valence-electron chi connectivity index (χ0n) is 8.11. The van der Waals surface area contributed by atoms with Gasteiger partial charge >= 0.3 is 0 Å². The lowest BCUT2D eigenvalue weighted by atomic mass is 10.2. The van der Waals surface area contributed by atoms with Crippen molar-refractivity contribution in [3.05, 3.63) is 30.1 Å². The molecule has 0 saturated heterocycles. The standard InChI is InChI=1S/C10H13ClN2O/c1-13(10(14)8-11)7-5-9-4-2-3-6-12-9/h2-4,6H,5,7-8H2,1H3. The van der Waals surface area contributed by atoms with E-state index >= 15 is 0 Å². The first-order valence-electron chi connectivity index (χ1n) is 4.44. The molecule has 0 bridgehead atoms. The molecule has 1 aromatic rings. The van der Waals surface area contributed by atoms with Gasteiger partial charge in [0.15, 0.2) is 0 Å². The summed E-state index contributed by atoms with van der Waals surface area (Å²) < 4.78 is 0. The number of carbonyl (C=O) groups excluding carboxylic acids is 1. The summed E-state index contributed by atoms with van der Waals surface area (Å²) >= 11 is 5.42. The first kappa shape index (κ1) is 11.0. The zero-order chi connectivity index (χ0) is 10.4. The third-order valence-electron chi connectivity index (χ3n) is 1.97. The van der Waals surface area contributed by atoms with Crippen LogP contribution in [0.1, 0.15) is 5.69 Å². The number of pyridine rings is 1. The molecular weight excluding hydrogens is 200 g/mol. The molecular formula is C10H13ClN2O. The fraction of sp³-hybridized carbons (Fsp3) is 0.400. The molecule has 0 unspecified atom stereocenters. The highest BCUT2D eigenvalue weighted by Gasteiger charge is 2.06. The molecule has 1 rings (SSSR count). The molecule has 0 saturated carbocycles. The van der Waals surface area contributed by atoms with Crippen LogP contribution in [-0.2, 0) is 11.2 Å². The minimum atomic E-state index is -0.0532. The van der Waals surface area contributed by atoms with E-state index in [1.165, 1.54) is 0 Å². The summed E-state index contributed by atoms with van der Waals surface area (Å²) in [7, 11) is 1.74. The second-order valence-corrected chi connectivity index (χ2v) is 3.29. The molecule has 1 aromatic heterocycles. The molecule has 0 radical (unpaired) electrons. The van der Waals surface area contributed by atoms with Gasteiger partial charge < -0.3 is 4.90 Å². The molecule has 0 fully saturated rings. The van der Waals surface area contributed by atoms with E-state index in [1.54, 1.807) is 18.1 Å². The molecule has 0 aliphatic carbocycles. The van der Waals surface area contributed by atoms with Crippen LogP contribution in [0.4, 0.5) is 0 Å². The fourth-order valence-electron chi connectivity index (χ4n) is 1.05. The van der Waals surface area contributed by atoms with Crippen LogP contribution in [-0.4, -0.2) is 35.3 Å². The van der Waals surface area contributed by atoms with Gasteiger partial charge in [0.1, 0.15) is 5.88 Å². The van der Waals surface area contributed by atoms with Crippen LogP contribution in [0.5, 0.6) is 0 Å². The van der Waals surface area contributed by atoms with Gasteiger partial charge in [-0.05, 0) is 12.1 Å². The molecule has 4 heteroatoms. The molecule has 1 amide bonds. The fourth-order valence-corrected chi connectivity index (χ4v) is 1.26. The van der Waals surface area contributed by atoms with E-state index in [1.807, 2.05) is 18.2 Å². The minimum absolute atomic E-state index is 0.0404. The van der Waals surface area contributed by atoms with Gasteiger partial charge in [-0.2, -0.15) is 0 Å². The van der Waals surface area contributed by atoms with Crippen LogP contribution >= 0.6 is 11.6 Å². The Morgan fingerprint density at radius 1 is 1.57 bits per heavy atom. The van der Waals surface area contributed by atoms with E-state index in [9.17, 15) is 4.79 Å². The number of carbonyl (C=O) groups is 1. The smallest absolute Gasteiger partial charge is 0.237 e. The molecule has 14 heavy (non-hydrogen) atoms. The van der Waals surface area contributed by atoms with Gasteiger partial charge in [0.25, 0.3) is 0 Å². The average molecular weight is 213 g/mol. The summed E-state index contributed by atoms with van der Waals surface area (Å²) in [6, 6.07) is 5.75. The van der Waals surface area contributed by atoms with Crippen molar-refractivity contribution < 1.29 is 4.79 Å². The number of hydrogen-bond acceptors (Lipinski definition) is 2. The Morgan fingerprint density at radius 3 is 2.93 bits per heavy atom. The number of halogens is 1. The van der Waals surface area contributed by atoms with Crippen LogP contribution in [0.3, 0.4) is 0 Å². The normalized spacial score (nSPS) is 9.86. The lowest BCUT2D eigenvalue weighted by molar-refractivity contribution is -0.127. The maximum Gasteiger partial charge on any atom is 0.237 e. The topological polar surface area (TPSA) is 33.2 Å². The summed E-state index contributed by atoms with van der Waals surface area (Å²) in [5, 5.41) is 0. The number of amides is 1. The van der Waals surface area contributed by atoms with Crippen molar-refractivity contribution in [2.75, 3.05) is 19.5 Å². The molecule has 0 aromatic carbocycles. The second-order valence-electron chi connectivity index (χ2n) is 3.02. The predicted octanol–water partition coefficient (Wildman–Crippen LogP) is 1.32. The summed E-state index contributed by atoms with van der Waals surface area (Å²) in [4.78, 5) is 16.9. The van der Waals surface area contributed by atoms with Crippen LogP contribution in [0.2, 0.25) is 0 Å². The van der Waals surface area contributed by atoms with E-state index in [4.69, 9.17) is 11.6 Å². The van der Waals surface area contributed by atoms with E-state index in [0.29, 0.717) is 6.54 Å². The van der Waals surface area contributed by atoms with Crippen molar-refractivity contribution in [2.45, 2.75) is 6.42 Å². The van der Waals surface area contributed by atoms with Gasteiger partial charge in [-0.3, -0.25) is 9.78 Å². The molecule has 1 heterocycles. The number of nitrogens with zero attached hydrogens (tertiary/aromatic N) is 2. The van der Waals surface area contributed by atoms with Crippen molar-refractivity contribution >= 4 is 17.5 Å². The highest BCUT2D eigenvalue weighted by molar-refractivity contribution is 6.27. The van der Waals surface area contributed by atoms with E-state index in [-0.39, 0.29) is 11.8 Å². The summed E-state index contributed by atoms with van der Waals surface area (Å²) in [5.41, 5.74) is 0.988. The van der Waals surface area contributed by atoms with Crippen molar-refractivity contribution in [1.29, 1.82) is 0 Å². The Hall–Kier alpha value is -1.09. The van der Waals surface area contributed by atoms with Crippen molar-refractivity contribution in [3.8, 4) is 0 Å². The van der Waals surface area contributed by atoms with Crippen LogP contribution < -0.4 is 0 Å². The Labute approximate surface area is 88.7 Å². The number of rotatable bonds is 4. The van der Waals surface area contributed by atoms with Crippen LogP contribution in [0.25, 0.3) is 0 Å². The van der Waals surface area contributed by atoms with Gasteiger partial charge in [0.2, 0.25) is 5.91 Å². The third-order valence-corrected chi connectivity index (χ3v) is 2.20. The van der Waals surface area contributed by atoms with Gasteiger partial charge in [-0.15, -0.1) is 11.6 Å². The third kappa shape index (κ3) is 3.34.